The molecule has 0 heterocycles. The van der Waals surface area contributed by atoms with Crippen LogP contribution in [0.2, 0.25) is 0 Å². The fraction of sp³-hybridized carbons (Fsp3) is 0.562. The SMILES string of the molecule is CC(=O)O.CC(=O)O.CC(=O)O.CC(C)=CCC/C(C)=C/CO. The maximum atomic E-state index is 9.00. The van der Waals surface area contributed by atoms with Crippen LogP contribution in [0.1, 0.15) is 54.4 Å². The third-order valence-electron chi connectivity index (χ3n) is 1.53. The molecular formula is C16H30O7. The van der Waals surface area contributed by atoms with Crippen LogP contribution in [0.4, 0.5) is 0 Å². The fourth-order valence-electron chi connectivity index (χ4n) is 0.846. The third-order valence-corrected chi connectivity index (χ3v) is 1.53. The molecule has 0 aliphatic rings. The van der Waals surface area contributed by atoms with Crippen molar-refractivity contribution in [1.29, 1.82) is 0 Å². The van der Waals surface area contributed by atoms with Crippen LogP contribution in [0, 0.1) is 0 Å². The molecule has 23 heavy (non-hydrogen) atoms. The van der Waals surface area contributed by atoms with Crippen molar-refractivity contribution in [3.05, 3.63) is 23.3 Å². The highest BCUT2D eigenvalue weighted by Gasteiger charge is 1.86. The summed E-state index contributed by atoms with van der Waals surface area (Å²) < 4.78 is 0. The summed E-state index contributed by atoms with van der Waals surface area (Å²) in [6, 6.07) is 0. The first-order chi connectivity index (χ1) is 10.4. The smallest absolute Gasteiger partial charge is 0.300 e. The normalized spacial score (nSPS) is 8.74. The molecule has 0 rings (SSSR count). The number of aliphatic hydroxyl groups excluding tert-OH is 1. The van der Waals surface area contributed by atoms with Crippen LogP contribution in [-0.4, -0.2) is 44.9 Å². The first-order valence-electron chi connectivity index (χ1n) is 6.85. The van der Waals surface area contributed by atoms with Gasteiger partial charge in [-0.3, -0.25) is 14.4 Å². The Bertz CT molecular complexity index is 337. The van der Waals surface area contributed by atoms with Gasteiger partial charge in [0.15, 0.2) is 0 Å². The van der Waals surface area contributed by atoms with Crippen LogP contribution in [-0.2, 0) is 14.4 Å². The van der Waals surface area contributed by atoms with Gasteiger partial charge in [-0.1, -0.05) is 23.3 Å². The van der Waals surface area contributed by atoms with Crippen molar-refractivity contribution in [3.63, 3.8) is 0 Å². The second-order valence-corrected chi connectivity index (χ2v) is 4.61. The topological polar surface area (TPSA) is 132 Å². The van der Waals surface area contributed by atoms with Gasteiger partial charge in [-0.25, -0.2) is 0 Å². The second kappa shape index (κ2) is 22.1. The molecule has 0 amide bonds. The molecule has 0 radical (unpaired) electrons. The zero-order valence-corrected chi connectivity index (χ0v) is 14.8. The van der Waals surface area contributed by atoms with Gasteiger partial charge in [0.25, 0.3) is 17.9 Å². The first-order valence-corrected chi connectivity index (χ1v) is 6.85. The van der Waals surface area contributed by atoms with Gasteiger partial charge in [0, 0.05) is 20.8 Å². The molecular weight excluding hydrogens is 304 g/mol. The average molecular weight is 334 g/mol. The molecule has 0 fully saturated rings. The predicted octanol–water partition coefficient (Wildman–Crippen LogP) is 2.94. The number of aliphatic carboxylic acids is 3. The van der Waals surface area contributed by atoms with Gasteiger partial charge in [-0.05, 0) is 33.6 Å². The van der Waals surface area contributed by atoms with E-state index in [1.165, 1.54) is 11.1 Å². The molecule has 0 bridgehead atoms. The summed E-state index contributed by atoms with van der Waals surface area (Å²) in [6.45, 7) is 9.67. The number of carboxylic acid groups (broad SMARTS) is 3. The van der Waals surface area contributed by atoms with E-state index >= 15 is 0 Å². The summed E-state index contributed by atoms with van der Waals surface area (Å²) in [5.41, 5.74) is 2.63. The summed E-state index contributed by atoms with van der Waals surface area (Å²) in [7, 11) is 0. The summed E-state index contributed by atoms with van der Waals surface area (Å²) in [6.07, 6.45) is 6.23. The van der Waals surface area contributed by atoms with Crippen LogP contribution in [0.3, 0.4) is 0 Å². The molecule has 136 valence electrons. The molecule has 7 heteroatoms. The van der Waals surface area contributed by atoms with E-state index in [1.807, 2.05) is 6.08 Å². The fourth-order valence-corrected chi connectivity index (χ4v) is 0.846. The van der Waals surface area contributed by atoms with E-state index in [0.29, 0.717) is 0 Å². The highest BCUT2D eigenvalue weighted by Crippen LogP contribution is 2.05. The number of carboxylic acids is 3. The number of hydrogen-bond acceptors (Lipinski definition) is 4. The number of allylic oxidation sites excluding steroid dienone is 3. The molecule has 0 aliphatic heterocycles. The van der Waals surface area contributed by atoms with E-state index in [2.05, 4.69) is 26.8 Å². The minimum absolute atomic E-state index is 0.167. The van der Waals surface area contributed by atoms with Crippen LogP contribution < -0.4 is 0 Å². The molecule has 0 aliphatic carbocycles. The van der Waals surface area contributed by atoms with Crippen molar-refractivity contribution >= 4 is 17.9 Å². The van der Waals surface area contributed by atoms with Crippen molar-refractivity contribution in [1.82, 2.24) is 0 Å². The van der Waals surface area contributed by atoms with Crippen molar-refractivity contribution in [2.24, 2.45) is 0 Å². The van der Waals surface area contributed by atoms with Gasteiger partial charge < -0.3 is 20.4 Å². The Morgan fingerprint density at radius 3 is 1.26 bits per heavy atom. The molecule has 0 aromatic carbocycles. The van der Waals surface area contributed by atoms with Crippen molar-refractivity contribution < 1.29 is 34.8 Å². The highest BCUT2D eigenvalue weighted by molar-refractivity contribution is 5.63. The summed E-state index contributed by atoms with van der Waals surface area (Å²) >= 11 is 0. The lowest BCUT2D eigenvalue weighted by molar-refractivity contribution is -0.135. The van der Waals surface area contributed by atoms with Crippen molar-refractivity contribution in [3.8, 4) is 0 Å². The Morgan fingerprint density at radius 1 is 0.739 bits per heavy atom. The van der Waals surface area contributed by atoms with Gasteiger partial charge in [-0.15, -0.1) is 0 Å². The lowest BCUT2D eigenvalue weighted by Gasteiger charge is -1.96. The van der Waals surface area contributed by atoms with Gasteiger partial charge in [0.1, 0.15) is 0 Å². The molecule has 4 N–H and O–H groups in total. The molecule has 0 spiro atoms. The van der Waals surface area contributed by atoms with Gasteiger partial charge in [-0.2, -0.15) is 0 Å². The van der Waals surface area contributed by atoms with Crippen LogP contribution in [0.25, 0.3) is 0 Å². The number of aliphatic hydroxyl groups is 1. The summed E-state index contributed by atoms with van der Waals surface area (Å²) in [5.74, 6) is -2.50. The maximum Gasteiger partial charge on any atom is 0.300 e. The maximum absolute atomic E-state index is 9.00. The summed E-state index contributed by atoms with van der Waals surface area (Å²) in [4.78, 5) is 27.0. The first kappa shape index (κ1) is 28.9. The van der Waals surface area contributed by atoms with E-state index in [4.69, 9.17) is 34.8 Å². The van der Waals surface area contributed by atoms with Crippen molar-refractivity contribution in [2.75, 3.05) is 6.61 Å². The Kier molecular flexibility index (Phi) is 27.8. The number of hydrogen-bond donors (Lipinski definition) is 4. The van der Waals surface area contributed by atoms with E-state index in [-0.39, 0.29) is 6.61 Å². The molecule has 0 saturated heterocycles. The van der Waals surface area contributed by atoms with Crippen LogP contribution in [0.5, 0.6) is 0 Å². The Balaban J connectivity index is -0.000000124. The minimum atomic E-state index is -0.833. The van der Waals surface area contributed by atoms with E-state index in [1.54, 1.807) is 0 Å². The standard InChI is InChI=1S/C10H18O.3C2H4O2/c1-9(2)5-4-6-10(3)7-8-11;3*1-2(3)4/h5,7,11H,4,6,8H2,1-3H3;3*1H3,(H,3,4)/b10-7+;;;. The van der Waals surface area contributed by atoms with Gasteiger partial charge >= 0.3 is 0 Å². The lowest BCUT2D eigenvalue weighted by atomic mass is 10.1. The predicted molar refractivity (Wildman–Crippen MR) is 89.4 cm³/mol. The van der Waals surface area contributed by atoms with Crippen LogP contribution >= 0.6 is 0 Å². The van der Waals surface area contributed by atoms with Gasteiger partial charge in [0.2, 0.25) is 0 Å². The number of carbonyl (C=O) groups is 3. The zero-order chi connectivity index (χ0) is 19.4. The quantitative estimate of drug-likeness (QED) is 0.581. The Morgan fingerprint density at radius 2 is 1.04 bits per heavy atom. The van der Waals surface area contributed by atoms with E-state index < -0.39 is 17.9 Å². The molecule has 0 aromatic heterocycles. The van der Waals surface area contributed by atoms with Crippen LogP contribution in [0.15, 0.2) is 23.3 Å². The number of rotatable bonds is 4. The Hall–Kier alpha value is -2.15. The lowest BCUT2D eigenvalue weighted by Crippen LogP contribution is -1.80. The summed E-state index contributed by atoms with van der Waals surface area (Å²) in [5, 5.41) is 30.8. The minimum Gasteiger partial charge on any atom is -0.481 e. The Labute approximate surface area is 138 Å². The van der Waals surface area contributed by atoms with E-state index in [9.17, 15) is 0 Å². The average Bonchev–Trinajstić information content (AvgIpc) is 2.26. The monoisotopic (exact) mass is 334 g/mol. The van der Waals surface area contributed by atoms with E-state index in [0.717, 1.165) is 33.6 Å². The molecule has 0 aromatic rings. The largest absolute Gasteiger partial charge is 0.481 e. The zero-order valence-electron chi connectivity index (χ0n) is 14.8. The molecule has 7 nitrogen and oxygen atoms in total. The third kappa shape index (κ3) is 135. The van der Waals surface area contributed by atoms with Gasteiger partial charge in [0.05, 0.1) is 6.61 Å². The highest BCUT2D eigenvalue weighted by atomic mass is 16.4. The van der Waals surface area contributed by atoms with Crippen molar-refractivity contribution in [2.45, 2.75) is 54.4 Å². The molecule has 0 atom stereocenters. The molecule has 0 unspecified atom stereocenters. The molecule has 0 saturated carbocycles. The second-order valence-electron chi connectivity index (χ2n) is 4.61.